The number of imide groups is 5. The van der Waals surface area contributed by atoms with E-state index in [1.807, 2.05) is 0 Å². The summed E-state index contributed by atoms with van der Waals surface area (Å²) in [6.45, 7) is 2.08. The number of aryl methyl sites for hydroxylation is 1. The molecule has 3 unspecified atom stereocenters. The molecule has 19 heteroatoms. The number of amides is 11. The number of carbonyl (C=O) groups excluding carboxylic acids is 11. The van der Waals surface area contributed by atoms with E-state index in [9.17, 15) is 52.7 Å². The highest BCUT2D eigenvalue weighted by molar-refractivity contribution is 6.25. The van der Waals surface area contributed by atoms with Crippen LogP contribution in [0.3, 0.4) is 0 Å². The second-order valence-corrected chi connectivity index (χ2v) is 14.1. The Bertz CT molecular complexity index is 2360. The maximum atomic E-state index is 12.4. The van der Waals surface area contributed by atoms with Crippen molar-refractivity contribution in [2.45, 2.75) is 70.1 Å². The van der Waals surface area contributed by atoms with Crippen LogP contribution in [0.4, 0.5) is 11.4 Å². The highest BCUT2D eigenvalue weighted by Crippen LogP contribution is 2.32. The fourth-order valence-electron chi connectivity index (χ4n) is 7.31. The molecule has 3 atom stereocenters. The van der Waals surface area contributed by atoms with E-state index in [0.29, 0.717) is 36.2 Å². The molecule has 0 saturated carbocycles. The number of piperidine rings is 3. The van der Waals surface area contributed by atoms with Crippen LogP contribution in [0.25, 0.3) is 0 Å². The number of nitrogens with one attached hydrogen (secondary N) is 3. The van der Waals surface area contributed by atoms with Gasteiger partial charge < -0.3 is 16.4 Å². The predicted octanol–water partition coefficient (Wildman–Crippen LogP) is 0.0986. The number of hydrogen-bond acceptors (Lipinski definition) is 13. The summed E-state index contributed by atoms with van der Waals surface area (Å²) in [7, 11) is 0. The first-order chi connectivity index (χ1) is 28.1. The average molecular weight is 807 g/mol. The van der Waals surface area contributed by atoms with Crippen molar-refractivity contribution in [2.24, 2.45) is 0 Å². The number of nitrogen functional groups attached to an aromatic ring is 2. The Morgan fingerprint density at radius 3 is 1.78 bits per heavy atom. The summed E-state index contributed by atoms with van der Waals surface area (Å²) in [5, 5.41) is 6.53. The molecule has 5 aliphatic rings. The topological polar surface area (TPSA) is 286 Å². The maximum absolute atomic E-state index is 12.4. The lowest BCUT2D eigenvalue weighted by Gasteiger charge is -2.29. The molecule has 5 aliphatic heterocycles. The molecule has 304 valence electrons. The standard InChI is InChI=1S/C14H14N2O4.C13H11N3O4.C13H13N3O3/c1-9-4-2-3-5-10(9)14(20)16(8-17)11-6-7-12(18)15-13(11)19;14-7-3-1-2-6-10(7)13(20)16(12(6)19)8-4-5-9(17)15-11(8)18;14-9-3-1-2-7-8(9)6-16(13(7)19)10-4-5-11(17)15-12(10)18/h2-5,8,11H,6-7H2,1H3,(H,15,18,19);1-3,8H,4-5,14H2,(H,15,17,18);1-3,10H,4-6,14H2,(H,15,17,18). The molecular formula is C40H38N8O11. The van der Waals surface area contributed by atoms with Gasteiger partial charge in [0, 0.05) is 53.9 Å². The molecule has 3 saturated heterocycles. The fraction of sp³-hybridized carbons (Fsp3) is 0.275. The summed E-state index contributed by atoms with van der Waals surface area (Å²) in [6, 6.07) is 14.1. The average Bonchev–Trinajstić information content (AvgIpc) is 3.66. The van der Waals surface area contributed by atoms with Gasteiger partial charge in [0.1, 0.15) is 18.1 Å². The lowest BCUT2D eigenvalue weighted by molar-refractivity contribution is -0.140. The largest absolute Gasteiger partial charge is 0.398 e. The third-order valence-electron chi connectivity index (χ3n) is 10.4. The van der Waals surface area contributed by atoms with E-state index in [2.05, 4.69) is 16.0 Å². The summed E-state index contributed by atoms with van der Waals surface area (Å²) in [5.41, 5.74) is 15.0. The fourth-order valence-corrected chi connectivity index (χ4v) is 7.31. The van der Waals surface area contributed by atoms with E-state index in [1.165, 1.54) is 17.0 Å². The molecule has 3 aromatic rings. The van der Waals surface area contributed by atoms with Gasteiger partial charge in [-0.3, -0.25) is 78.5 Å². The Kier molecular flexibility index (Phi) is 11.8. The Hall–Kier alpha value is -7.57. The molecule has 3 fully saturated rings. The lowest BCUT2D eigenvalue weighted by atomic mass is 10.0. The zero-order chi connectivity index (χ0) is 42.7. The molecule has 0 radical (unpaired) electrons. The number of rotatable bonds is 5. The van der Waals surface area contributed by atoms with Gasteiger partial charge in [-0.25, -0.2) is 0 Å². The van der Waals surface area contributed by atoms with E-state index in [0.717, 1.165) is 20.9 Å². The van der Waals surface area contributed by atoms with Gasteiger partial charge in [-0.1, -0.05) is 30.3 Å². The number of carbonyl (C=O) groups is 11. The van der Waals surface area contributed by atoms with Crippen molar-refractivity contribution in [2.75, 3.05) is 11.5 Å². The minimum absolute atomic E-state index is 0.0965. The zero-order valence-electron chi connectivity index (χ0n) is 31.5. The first kappa shape index (κ1) is 41.1. The molecule has 5 heterocycles. The molecule has 0 aromatic heterocycles. The third kappa shape index (κ3) is 8.16. The summed E-state index contributed by atoms with van der Waals surface area (Å²) in [4.78, 5) is 132. The van der Waals surface area contributed by atoms with Gasteiger partial charge in [-0.15, -0.1) is 0 Å². The zero-order valence-corrected chi connectivity index (χ0v) is 31.5. The van der Waals surface area contributed by atoms with E-state index < -0.39 is 59.5 Å². The monoisotopic (exact) mass is 806 g/mol. The molecular weight excluding hydrogens is 768 g/mol. The Labute approximate surface area is 335 Å². The molecule has 19 nitrogen and oxygen atoms in total. The van der Waals surface area contributed by atoms with Crippen molar-refractivity contribution in [3.05, 3.63) is 94.0 Å². The summed E-state index contributed by atoms with van der Waals surface area (Å²) in [6.07, 6.45) is 1.46. The van der Waals surface area contributed by atoms with Gasteiger partial charge in [-0.2, -0.15) is 0 Å². The predicted molar refractivity (Wildman–Crippen MR) is 204 cm³/mol. The van der Waals surface area contributed by atoms with Gasteiger partial charge >= 0.3 is 0 Å². The van der Waals surface area contributed by atoms with Crippen LogP contribution in [0.5, 0.6) is 0 Å². The van der Waals surface area contributed by atoms with Crippen LogP contribution < -0.4 is 27.4 Å². The van der Waals surface area contributed by atoms with E-state index in [4.69, 9.17) is 11.5 Å². The van der Waals surface area contributed by atoms with Crippen LogP contribution in [-0.4, -0.2) is 98.3 Å². The van der Waals surface area contributed by atoms with Crippen molar-refractivity contribution in [3.8, 4) is 0 Å². The summed E-state index contributed by atoms with van der Waals surface area (Å²) >= 11 is 0. The second kappa shape index (κ2) is 16.9. The van der Waals surface area contributed by atoms with Crippen LogP contribution >= 0.6 is 0 Å². The smallest absolute Gasteiger partial charge is 0.264 e. The first-order valence-corrected chi connectivity index (χ1v) is 18.4. The number of fused-ring (bicyclic) bond motifs is 2. The summed E-state index contributed by atoms with van der Waals surface area (Å²) in [5.74, 6) is -4.60. The lowest BCUT2D eigenvalue weighted by Crippen LogP contribution is -2.54. The minimum atomic E-state index is -0.959. The van der Waals surface area contributed by atoms with Gasteiger partial charge in [0.25, 0.3) is 23.6 Å². The molecule has 59 heavy (non-hydrogen) atoms. The van der Waals surface area contributed by atoms with Crippen molar-refractivity contribution in [1.29, 1.82) is 0 Å². The first-order valence-electron chi connectivity index (χ1n) is 18.4. The van der Waals surface area contributed by atoms with Gasteiger partial charge in [0.05, 0.1) is 11.1 Å². The highest BCUT2D eigenvalue weighted by Gasteiger charge is 2.45. The molecule has 11 amide bonds. The number of nitrogens with zero attached hydrogens (tertiary/aromatic N) is 3. The van der Waals surface area contributed by atoms with E-state index >= 15 is 0 Å². The Morgan fingerprint density at radius 1 is 0.661 bits per heavy atom. The molecule has 7 N–H and O–H groups in total. The highest BCUT2D eigenvalue weighted by atomic mass is 16.2. The van der Waals surface area contributed by atoms with Crippen LogP contribution in [0, 0.1) is 6.92 Å². The normalized spacial score (nSPS) is 20.9. The second-order valence-electron chi connectivity index (χ2n) is 14.1. The van der Waals surface area contributed by atoms with E-state index in [1.54, 1.807) is 55.5 Å². The molecule has 8 rings (SSSR count). The molecule has 0 bridgehead atoms. The van der Waals surface area contributed by atoms with Crippen LogP contribution in [0.2, 0.25) is 0 Å². The SMILES string of the molecule is Cc1ccccc1C(=O)N(C=O)C1CCC(=O)NC1=O.Nc1cccc2c1C(=O)N(C1CCC(=O)NC1=O)C2=O.Nc1cccc2c1CN(C1CCC(=O)NC1=O)C2=O. The van der Waals surface area contributed by atoms with Gasteiger partial charge in [0.2, 0.25) is 41.9 Å². The molecule has 0 spiro atoms. The quantitative estimate of drug-likeness (QED) is 0.130. The van der Waals surface area contributed by atoms with Crippen molar-refractivity contribution < 1.29 is 52.7 Å². The number of hydrogen-bond donors (Lipinski definition) is 5. The van der Waals surface area contributed by atoms with Crippen molar-refractivity contribution in [1.82, 2.24) is 30.7 Å². The van der Waals surface area contributed by atoms with E-state index in [-0.39, 0.29) is 66.6 Å². The number of benzene rings is 3. The minimum Gasteiger partial charge on any atom is -0.398 e. The van der Waals surface area contributed by atoms with Crippen LogP contribution in [0.15, 0.2) is 60.7 Å². The van der Waals surface area contributed by atoms with Gasteiger partial charge in [-0.05, 0) is 62.1 Å². The molecule has 3 aromatic carbocycles. The summed E-state index contributed by atoms with van der Waals surface area (Å²) < 4.78 is 0. The number of nitrogens with two attached hydrogens (primary N) is 2. The Morgan fingerprint density at radius 2 is 1.22 bits per heavy atom. The molecule has 0 aliphatic carbocycles. The Balaban J connectivity index is 0.000000149. The van der Waals surface area contributed by atoms with Crippen LogP contribution in [-0.2, 0) is 40.1 Å². The maximum Gasteiger partial charge on any atom is 0.264 e. The number of anilines is 2. The third-order valence-corrected chi connectivity index (χ3v) is 10.4. The van der Waals surface area contributed by atoms with Crippen LogP contribution in [0.1, 0.15) is 91.1 Å². The van der Waals surface area contributed by atoms with Gasteiger partial charge in [0.15, 0.2) is 0 Å². The van der Waals surface area contributed by atoms with Crippen molar-refractivity contribution in [3.63, 3.8) is 0 Å². The van der Waals surface area contributed by atoms with Crippen molar-refractivity contribution >= 4 is 76.9 Å².